The number of likely N-dealkylation sites (N-methyl/N-ethyl adjacent to an activating group) is 1. The highest BCUT2D eigenvalue weighted by Crippen LogP contribution is 2.13. The number of rotatable bonds is 5. The van der Waals surface area contributed by atoms with Crippen LogP contribution in [0.5, 0.6) is 0 Å². The van der Waals surface area contributed by atoms with E-state index in [9.17, 15) is 4.79 Å². The number of benzene rings is 1. The van der Waals surface area contributed by atoms with Gasteiger partial charge in [-0.15, -0.1) is 0 Å². The van der Waals surface area contributed by atoms with Gasteiger partial charge in [0.1, 0.15) is 0 Å². The van der Waals surface area contributed by atoms with Crippen molar-refractivity contribution in [2.24, 2.45) is 5.73 Å². The van der Waals surface area contributed by atoms with Crippen LogP contribution in [0.4, 0.5) is 5.69 Å². The molecular weight excluding hydrogens is 200 g/mol. The van der Waals surface area contributed by atoms with E-state index in [4.69, 9.17) is 5.73 Å². The molecule has 0 aliphatic rings. The van der Waals surface area contributed by atoms with Crippen molar-refractivity contribution < 1.29 is 4.79 Å². The highest BCUT2D eigenvalue weighted by Gasteiger charge is 2.18. The zero-order valence-electron chi connectivity index (χ0n) is 10.0. The number of unbranched alkanes of at least 4 members (excludes halogenated alkanes) is 1. The first kappa shape index (κ1) is 12.7. The summed E-state index contributed by atoms with van der Waals surface area (Å²) >= 11 is 0. The fourth-order valence-corrected chi connectivity index (χ4v) is 1.58. The van der Waals surface area contributed by atoms with Crippen LogP contribution in [0.15, 0.2) is 30.3 Å². The molecule has 0 radical (unpaired) electrons. The van der Waals surface area contributed by atoms with Crippen LogP contribution in [-0.2, 0) is 4.79 Å². The summed E-state index contributed by atoms with van der Waals surface area (Å²) in [5.41, 5.74) is 6.74. The standard InChI is InChI=1S/C13H20N2O/c1-3-4-10-12(14)13(16)15(2)11-8-6-5-7-9-11/h5-9,12H,3-4,10,14H2,1-2H3/t12-/m0/s1. The Kier molecular flexibility index (Phi) is 4.99. The lowest BCUT2D eigenvalue weighted by Crippen LogP contribution is -2.41. The second-order valence-corrected chi connectivity index (χ2v) is 3.98. The second-order valence-electron chi connectivity index (χ2n) is 3.98. The summed E-state index contributed by atoms with van der Waals surface area (Å²) < 4.78 is 0. The molecule has 3 heteroatoms. The number of nitrogens with two attached hydrogens (primary N) is 1. The highest BCUT2D eigenvalue weighted by molar-refractivity contribution is 5.96. The molecule has 1 atom stereocenters. The smallest absolute Gasteiger partial charge is 0.243 e. The Labute approximate surface area is 97.2 Å². The minimum atomic E-state index is -0.384. The third-order valence-corrected chi connectivity index (χ3v) is 2.66. The van der Waals surface area contributed by atoms with Crippen molar-refractivity contribution in [3.8, 4) is 0 Å². The quantitative estimate of drug-likeness (QED) is 0.826. The van der Waals surface area contributed by atoms with Crippen LogP contribution in [0.1, 0.15) is 26.2 Å². The number of hydrogen-bond acceptors (Lipinski definition) is 2. The first-order chi connectivity index (χ1) is 7.66. The zero-order chi connectivity index (χ0) is 12.0. The Morgan fingerprint density at radius 2 is 2.00 bits per heavy atom. The van der Waals surface area contributed by atoms with E-state index < -0.39 is 0 Å². The molecule has 16 heavy (non-hydrogen) atoms. The Hall–Kier alpha value is -1.35. The molecule has 3 nitrogen and oxygen atoms in total. The van der Waals surface area contributed by atoms with Gasteiger partial charge in [-0.2, -0.15) is 0 Å². The largest absolute Gasteiger partial charge is 0.320 e. The van der Waals surface area contributed by atoms with Crippen molar-refractivity contribution in [3.05, 3.63) is 30.3 Å². The molecule has 0 spiro atoms. The molecule has 1 rings (SSSR count). The lowest BCUT2D eigenvalue weighted by atomic mass is 10.1. The van der Waals surface area contributed by atoms with Crippen LogP contribution in [0.25, 0.3) is 0 Å². The summed E-state index contributed by atoms with van der Waals surface area (Å²) in [6.45, 7) is 2.10. The summed E-state index contributed by atoms with van der Waals surface area (Å²) in [5.74, 6) is -0.0142. The van der Waals surface area contributed by atoms with Crippen LogP contribution in [0, 0.1) is 0 Å². The predicted molar refractivity (Wildman–Crippen MR) is 67.4 cm³/mol. The number of nitrogens with zero attached hydrogens (tertiary/aromatic N) is 1. The number of carbonyl (C=O) groups is 1. The third-order valence-electron chi connectivity index (χ3n) is 2.66. The van der Waals surface area contributed by atoms with Gasteiger partial charge in [0.05, 0.1) is 6.04 Å². The highest BCUT2D eigenvalue weighted by atomic mass is 16.2. The van der Waals surface area contributed by atoms with E-state index in [1.165, 1.54) is 0 Å². The van der Waals surface area contributed by atoms with Crippen LogP contribution in [0.2, 0.25) is 0 Å². The molecule has 0 saturated carbocycles. The lowest BCUT2D eigenvalue weighted by Gasteiger charge is -2.21. The summed E-state index contributed by atoms with van der Waals surface area (Å²) in [4.78, 5) is 13.6. The molecule has 0 aliphatic carbocycles. The number of anilines is 1. The van der Waals surface area contributed by atoms with Gasteiger partial charge in [0.2, 0.25) is 5.91 Å². The summed E-state index contributed by atoms with van der Waals surface area (Å²) in [7, 11) is 1.77. The topological polar surface area (TPSA) is 46.3 Å². The van der Waals surface area contributed by atoms with Crippen molar-refractivity contribution in [2.75, 3.05) is 11.9 Å². The number of para-hydroxylation sites is 1. The molecular formula is C13H20N2O. The molecule has 0 saturated heterocycles. The number of carbonyl (C=O) groups excluding carboxylic acids is 1. The normalized spacial score (nSPS) is 12.2. The first-order valence-electron chi connectivity index (χ1n) is 5.75. The fraction of sp³-hybridized carbons (Fsp3) is 0.462. The predicted octanol–water partition coefficient (Wildman–Crippen LogP) is 2.17. The van der Waals surface area contributed by atoms with E-state index in [1.54, 1.807) is 11.9 Å². The van der Waals surface area contributed by atoms with E-state index >= 15 is 0 Å². The SMILES string of the molecule is CCCC[C@H](N)C(=O)N(C)c1ccccc1. The Balaban J connectivity index is 2.60. The van der Waals surface area contributed by atoms with Gasteiger partial charge in [0.25, 0.3) is 0 Å². The Morgan fingerprint density at radius 3 is 2.56 bits per heavy atom. The minimum Gasteiger partial charge on any atom is -0.320 e. The van der Waals surface area contributed by atoms with E-state index in [2.05, 4.69) is 6.92 Å². The van der Waals surface area contributed by atoms with Gasteiger partial charge >= 0.3 is 0 Å². The zero-order valence-corrected chi connectivity index (χ0v) is 10.0. The average molecular weight is 220 g/mol. The first-order valence-corrected chi connectivity index (χ1v) is 5.75. The second kappa shape index (κ2) is 6.28. The van der Waals surface area contributed by atoms with Crippen LogP contribution in [0.3, 0.4) is 0 Å². The maximum Gasteiger partial charge on any atom is 0.243 e. The molecule has 0 heterocycles. The van der Waals surface area contributed by atoms with Crippen molar-refractivity contribution in [2.45, 2.75) is 32.2 Å². The van der Waals surface area contributed by atoms with Gasteiger partial charge in [0.15, 0.2) is 0 Å². The number of amides is 1. The monoisotopic (exact) mass is 220 g/mol. The lowest BCUT2D eigenvalue weighted by molar-refractivity contribution is -0.119. The van der Waals surface area contributed by atoms with E-state index in [1.807, 2.05) is 30.3 Å². The summed E-state index contributed by atoms with van der Waals surface area (Å²) in [6, 6.07) is 9.19. The summed E-state index contributed by atoms with van der Waals surface area (Å²) in [6.07, 6.45) is 2.82. The van der Waals surface area contributed by atoms with Gasteiger partial charge in [-0.05, 0) is 18.6 Å². The fourth-order valence-electron chi connectivity index (χ4n) is 1.58. The van der Waals surface area contributed by atoms with Gasteiger partial charge in [-0.3, -0.25) is 4.79 Å². The van der Waals surface area contributed by atoms with Gasteiger partial charge in [0, 0.05) is 12.7 Å². The molecule has 0 aromatic heterocycles. The maximum absolute atomic E-state index is 12.0. The molecule has 0 bridgehead atoms. The molecule has 1 aromatic rings. The van der Waals surface area contributed by atoms with Gasteiger partial charge < -0.3 is 10.6 Å². The number of hydrogen-bond donors (Lipinski definition) is 1. The molecule has 0 aliphatic heterocycles. The van der Waals surface area contributed by atoms with Crippen LogP contribution in [-0.4, -0.2) is 19.0 Å². The Morgan fingerprint density at radius 1 is 1.38 bits per heavy atom. The molecule has 0 fully saturated rings. The molecule has 88 valence electrons. The third kappa shape index (κ3) is 3.35. The Bertz CT molecular complexity index is 324. The maximum atomic E-state index is 12.0. The van der Waals surface area contributed by atoms with E-state index in [-0.39, 0.29) is 11.9 Å². The van der Waals surface area contributed by atoms with Crippen LogP contribution < -0.4 is 10.6 Å². The van der Waals surface area contributed by atoms with E-state index in [0.29, 0.717) is 0 Å². The molecule has 1 aromatic carbocycles. The van der Waals surface area contributed by atoms with Gasteiger partial charge in [-0.25, -0.2) is 0 Å². The molecule has 2 N–H and O–H groups in total. The minimum absolute atomic E-state index is 0.0142. The van der Waals surface area contributed by atoms with Crippen molar-refractivity contribution in [1.29, 1.82) is 0 Å². The van der Waals surface area contributed by atoms with Gasteiger partial charge in [-0.1, -0.05) is 38.0 Å². The van der Waals surface area contributed by atoms with Crippen molar-refractivity contribution in [1.82, 2.24) is 0 Å². The average Bonchev–Trinajstić information content (AvgIpc) is 2.35. The summed E-state index contributed by atoms with van der Waals surface area (Å²) in [5, 5.41) is 0. The molecule has 1 amide bonds. The van der Waals surface area contributed by atoms with E-state index in [0.717, 1.165) is 24.9 Å². The van der Waals surface area contributed by atoms with Crippen LogP contribution >= 0.6 is 0 Å². The van der Waals surface area contributed by atoms with Crippen molar-refractivity contribution in [3.63, 3.8) is 0 Å². The van der Waals surface area contributed by atoms with Crippen molar-refractivity contribution >= 4 is 11.6 Å². The molecule has 0 unspecified atom stereocenters.